The molecular weight excluding hydrogens is 261 g/mol. The zero-order chi connectivity index (χ0) is 9.14. The number of halogens is 1. The van der Waals surface area contributed by atoms with Gasteiger partial charge in [-0.1, -0.05) is 20.8 Å². The summed E-state index contributed by atoms with van der Waals surface area (Å²) < 4.78 is 1.23. The number of pyridine rings is 1. The molecule has 0 unspecified atom stereocenters. The number of aromatic nitrogens is 1. The van der Waals surface area contributed by atoms with Crippen molar-refractivity contribution >= 4 is 22.6 Å². The van der Waals surface area contributed by atoms with Crippen molar-refractivity contribution < 1.29 is 0 Å². The summed E-state index contributed by atoms with van der Waals surface area (Å²) in [5.41, 5.74) is 2.63. The first-order valence-electron chi connectivity index (χ1n) is 4.29. The zero-order valence-electron chi connectivity index (χ0n) is 7.76. The van der Waals surface area contributed by atoms with E-state index in [1.807, 2.05) is 6.20 Å². The van der Waals surface area contributed by atoms with Crippen LogP contribution in [0.25, 0.3) is 0 Å². The van der Waals surface area contributed by atoms with E-state index in [0.717, 1.165) is 6.42 Å². The predicted molar refractivity (Wildman–Crippen MR) is 60.4 cm³/mol. The van der Waals surface area contributed by atoms with Gasteiger partial charge < -0.3 is 0 Å². The molecule has 0 saturated heterocycles. The summed E-state index contributed by atoms with van der Waals surface area (Å²) in [4.78, 5) is 4.44. The lowest BCUT2D eigenvalue weighted by Crippen LogP contribution is -1.99. The minimum Gasteiger partial charge on any atom is -0.260 e. The van der Waals surface area contributed by atoms with Gasteiger partial charge in [0.05, 0.1) is 0 Å². The largest absolute Gasteiger partial charge is 0.260 e. The lowest BCUT2D eigenvalue weighted by molar-refractivity contribution is 0.798. The van der Waals surface area contributed by atoms with Crippen LogP contribution in [-0.4, -0.2) is 4.98 Å². The lowest BCUT2D eigenvalue weighted by atomic mass is 10.0. The first kappa shape index (κ1) is 9.96. The molecule has 0 N–H and O–H groups in total. The average molecular weight is 275 g/mol. The van der Waals surface area contributed by atoms with Gasteiger partial charge in [0.15, 0.2) is 0 Å². The van der Waals surface area contributed by atoms with Gasteiger partial charge in [-0.2, -0.15) is 0 Å². The van der Waals surface area contributed by atoms with Crippen LogP contribution in [0, 0.1) is 3.57 Å². The first-order chi connectivity index (χ1) is 5.65. The molecule has 66 valence electrons. The molecule has 1 aromatic rings. The molecule has 12 heavy (non-hydrogen) atoms. The smallest absolute Gasteiger partial charge is 0.0461 e. The summed E-state index contributed by atoms with van der Waals surface area (Å²) in [5.74, 6) is 0.539. The highest BCUT2D eigenvalue weighted by Crippen LogP contribution is 2.19. The van der Waals surface area contributed by atoms with Crippen LogP contribution < -0.4 is 0 Å². The maximum atomic E-state index is 4.44. The summed E-state index contributed by atoms with van der Waals surface area (Å²) in [7, 11) is 0. The van der Waals surface area contributed by atoms with Gasteiger partial charge in [-0.05, 0) is 46.6 Å². The fourth-order valence-corrected chi connectivity index (χ4v) is 1.81. The quantitative estimate of drug-likeness (QED) is 0.754. The molecule has 0 fully saturated rings. The normalized spacial score (nSPS) is 10.8. The number of hydrogen-bond donors (Lipinski definition) is 0. The van der Waals surface area contributed by atoms with Gasteiger partial charge in [0.1, 0.15) is 0 Å². The topological polar surface area (TPSA) is 12.9 Å². The van der Waals surface area contributed by atoms with Gasteiger partial charge in [0, 0.05) is 15.5 Å². The maximum absolute atomic E-state index is 4.44. The van der Waals surface area contributed by atoms with Gasteiger partial charge >= 0.3 is 0 Å². The van der Waals surface area contributed by atoms with Crippen molar-refractivity contribution in [2.24, 2.45) is 0 Å². The molecule has 0 saturated carbocycles. The second-order valence-electron chi connectivity index (χ2n) is 3.21. The van der Waals surface area contributed by atoms with Crippen LogP contribution >= 0.6 is 22.6 Å². The van der Waals surface area contributed by atoms with Crippen molar-refractivity contribution in [1.82, 2.24) is 4.98 Å². The molecule has 1 aromatic heterocycles. The number of hydrogen-bond acceptors (Lipinski definition) is 1. The first-order valence-corrected chi connectivity index (χ1v) is 5.37. The van der Waals surface area contributed by atoms with Crippen molar-refractivity contribution in [3.63, 3.8) is 0 Å². The third kappa shape index (κ3) is 2.19. The monoisotopic (exact) mass is 275 g/mol. The number of nitrogens with zero attached hydrogens (tertiary/aromatic N) is 1. The van der Waals surface area contributed by atoms with Gasteiger partial charge in [0.2, 0.25) is 0 Å². The second kappa shape index (κ2) is 4.21. The van der Waals surface area contributed by atoms with Gasteiger partial charge in [0.25, 0.3) is 0 Å². The Morgan fingerprint density at radius 2 is 2.17 bits per heavy atom. The Balaban J connectivity index is 3.11. The Kier molecular flexibility index (Phi) is 3.50. The Labute approximate surface area is 87.7 Å². The Bertz CT molecular complexity index is 269. The highest BCUT2D eigenvalue weighted by atomic mass is 127. The molecule has 0 bridgehead atoms. The van der Waals surface area contributed by atoms with E-state index in [2.05, 4.69) is 54.4 Å². The molecule has 1 nitrogen and oxygen atoms in total. The standard InChI is InChI=1S/C10H14IN/c1-4-8-5-9(11)6-12-10(8)7(2)3/h5-7H,4H2,1-3H3. The van der Waals surface area contributed by atoms with E-state index >= 15 is 0 Å². The maximum Gasteiger partial charge on any atom is 0.0461 e. The summed E-state index contributed by atoms with van der Waals surface area (Å²) >= 11 is 2.31. The van der Waals surface area contributed by atoms with Gasteiger partial charge in [-0.3, -0.25) is 4.98 Å². The molecule has 0 aliphatic heterocycles. The van der Waals surface area contributed by atoms with E-state index in [1.165, 1.54) is 14.8 Å². The highest BCUT2D eigenvalue weighted by Gasteiger charge is 2.06. The molecule has 1 heterocycles. The van der Waals surface area contributed by atoms with E-state index in [0.29, 0.717) is 5.92 Å². The Morgan fingerprint density at radius 3 is 2.67 bits per heavy atom. The second-order valence-corrected chi connectivity index (χ2v) is 4.45. The molecule has 0 atom stereocenters. The Morgan fingerprint density at radius 1 is 1.50 bits per heavy atom. The van der Waals surface area contributed by atoms with Crippen LogP contribution in [0.3, 0.4) is 0 Å². The van der Waals surface area contributed by atoms with Crippen LogP contribution in [0.1, 0.15) is 37.9 Å². The zero-order valence-corrected chi connectivity index (χ0v) is 9.92. The average Bonchev–Trinajstić information content (AvgIpc) is 2.03. The van der Waals surface area contributed by atoms with Crippen molar-refractivity contribution in [2.75, 3.05) is 0 Å². The van der Waals surface area contributed by atoms with E-state index < -0.39 is 0 Å². The van der Waals surface area contributed by atoms with Crippen LogP contribution in [0.15, 0.2) is 12.3 Å². The summed E-state index contributed by atoms with van der Waals surface area (Å²) in [5, 5.41) is 0. The molecule has 0 aromatic carbocycles. The van der Waals surface area contributed by atoms with Crippen molar-refractivity contribution in [1.29, 1.82) is 0 Å². The molecule has 1 rings (SSSR count). The van der Waals surface area contributed by atoms with E-state index in [4.69, 9.17) is 0 Å². The fourth-order valence-electron chi connectivity index (χ4n) is 1.29. The fraction of sp³-hybridized carbons (Fsp3) is 0.500. The predicted octanol–water partition coefficient (Wildman–Crippen LogP) is 3.37. The van der Waals surface area contributed by atoms with E-state index in [1.54, 1.807) is 0 Å². The van der Waals surface area contributed by atoms with Crippen LogP contribution in [0.5, 0.6) is 0 Å². The van der Waals surface area contributed by atoms with Crippen LogP contribution in [0.2, 0.25) is 0 Å². The minimum absolute atomic E-state index is 0.539. The third-order valence-corrected chi connectivity index (χ3v) is 2.49. The molecule has 0 aliphatic carbocycles. The summed E-state index contributed by atoms with van der Waals surface area (Å²) in [6.45, 7) is 6.56. The Hall–Kier alpha value is -0.120. The SMILES string of the molecule is CCc1cc(I)cnc1C(C)C. The minimum atomic E-state index is 0.539. The van der Waals surface area contributed by atoms with E-state index in [-0.39, 0.29) is 0 Å². The van der Waals surface area contributed by atoms with Gasteiger partial charge in [-0.25, -0.2) is 0 Å². The number of aryl methyl sites for hydroxylation is 1. The highest BCUT2D eigenvalue weighted by molar-refractivity contribution is 14.1. The molecule has 0 spiro atoms. The molecule has 0 aliphatic rings. The third-order valence-electron chi connectivity index (χ3n) is 1.90. The summed E-state index contributed by atoms with van der Waals surface area (Å²) in [6, 6.07) is 2.23. The molecule has 0 amide bonds. The number of rotatable bonds is 2. The van der Waals surface area contributed by atoms with Crippen LogP contribution in [0.4, 0.5) is 0 Å². The molecule has 0 radical (unpaired) electrons. The van der Waals surface area contributed by atoms with Crippen molar-refractivity contribution in [2.45, 2.75) is 33.1 Å². The summed E-state index contributed by atoms with van der Waals surface area (Å²) in [6.07, 6.45) is 3.02. The van der Waals surface area contributed by atoms with Crippen molar-refractivity contribution in [3.8, 4) is 0 Å². The van der Waals surface area contributed by atoms with Crippen molar-refractivity contribution in [3.05, 3.63) is 27.1 Å². The lowest BCUT2D eigenvalue weighted by Gasteiger charge is -2.09. The van der Waals surface area contributed by atoms with E-state index in [9.17, 15) is 0 Å². The van der Waals surface area contributed by atoms with Crippen LogP contribution in [-0.2, 0) is 6.42 Å². The van der Waals surface area contributed by atoms with Gasteiger partial charge in [-0.15, -0.1) is 0 Å². The molecule has 2 heteroatoms. The molecular formula is C10H14IN.